The molecule has 0 fully saturated rings. The van der Waals surface area contributed by atoms with Crippen molar-refractivity contribution in [2.45, 2.75) is 27.2 Å². The molecule has 8 heteroatoms. The molecule has 0 aliphatic rings. The molecule has 0 spiro atoms. The summed E-state index contributed by atoms with van der Waals surface area (Å²) in [5.74, 6) is -1.00. The molecule has 1 aromatic heterocycles. The van der Waals surface area contributed by atoms with Crippen LogP contribution in [0.1, 0.15) is 45.0 Å². The number of non-ortho nitro benzene ring substituents is 1. The molecule has 0 aliphatic carbocycles. The second kappa shape index (κ2) is 7.89. The molecule has 0 saturated heterocycles. The van der Waals surface area contributed by atoms with Crippen LogP contribution in [0.15, 0.2) is 24.3 Å². The minimum absolute atomic E-state index is 0.146. The molecule has 0 atom stereocenters. The number of rotatable bonds is 6. The Morgan fingerprint density at radius 1 is 1.32 bits per heavy atom. The van der Waals surface area contributed by atoms with Crippen molar-refractivity contribution in [2.24, 2.45) is 0 Å². The molecule has 25 heavy (non-hydrogen) atoms. The molecule has 132 valence electrons. The molecule has 1 aromatic carbocycles. The van der Waals surface area contributed by atoms with Crippen LogP contribution in [0.25, 0.3) is 0 Å². The van der Waals surface area contributed by atoms with E-state index in [2.05, 4.69) is 5.32 Å². The fourth-order valence-electron chi connectivity index (χ4n) is 2.45. The van der Waals surface area contributed by atoms with Crippen LogP contribution in [0.3, 0.4) is 0 Å². The van der Waals surface area contributed by atoms with E-state index >= 15 is 0 Å². The molecule has 2 rings (SSSR count). The quantitative estimate of drug-likeness (QED) is 0.476. The van der Waals surface area contributed by atoms with Crippen molar-refractivity contribution in [1.29, 1.82) is 0 Å². The number of anilines is 1. The average molecular weight is 362 g/mol. The lowest BCUT2D eigenvalue weighted by atomic mass is 10.1. The van der Waals surface area contributed by atoms with E-state index in [1.807, 2.05) is 13.8 Å². The molecule has 7 nitrogen and oxygen atoms in total. The number of amides is 1. The zero-order valence-electron chi connectivity index (χ0n) is 14.1. The summed E-state index contributed by atoms with van der Waals surface area (Å²) in [7, 11) is 0. The van der Waals surface area contributed by atoms with Gasteiger partial charge in [-0.05, 0) is 31.9 Å². The van der Waals surface area contributed by atoms with E-state index in [0.717, 1.165) is 10.4 Å². The zero-order chi connectivity index (χ0) is 18.6. The van der Waals surface area contributed by atoms with Crippen molar-refractivity contribution in [2.75, 3.05) is 11.9 Å². The van der Waals surface area contributed by atoms with Crippen LogP contribution in [0.4, 0.5) is 10.7 Å². The third kappa shape index (κ3) is 4.03. The van der Waals surface area contributed by atoms with E-state index in [-0.39, 0.29) is 17.9 Å². The number of aryl methyl sites for hydroxylation is 1. The molecule has 1 N–H and O–H groups in total. The number of thiophene rings is 1. The maximum Gasteiger partial charge on any atom is 0.341 e. The van der Waals surface area contributed by atoms with Crippen LogP contribution in [0, 0.1) is 17.0 Å². The van der Waals surface area contributed by atoms with Gasteiger partial charge in [0.25, 0.3) is 11.6 Å². The van der Waals surface area contributed by atoms with Gasteiger partial charge in [0.05, 0.1) is 17.1 Å². The fraction of sp³-hybridized carbons (Fsp3) is 0.294. The first-order chi connectivity index (χ1) is 11.9. The summed E-state index contributed by atoms with van der Waals surface area (Å²) in [6.07, 6.45) is 0.628. The summed E-state index contributed by atoms with van der Waals surface area (Å²) in [5, 5.41) is 13.9. The number of nitro groups is 1. The standard InChI is InChI=1S/C17H18N2O5S/c1-4-13-10(3)25-16(14(13)17(21)24-5-2)18-15(20)11-7-6-8-12(9-11)19(22)23/h6-9H,4-5H2,1-3H3,(H,18,20). The summed E-state index contributed by atoms with van der Waals surface area (Å²) < 4.78 is 5.09. The van der Waals surface area contributed by atoms with Crippen LogP contribution in [-0.4, -0.2) is 23.4 Å². The summed E-state index contributed by atoms with van der Waals surface area (Å²) in [4.78, 5) is 35.9. The molecule has 0 aliphatic heterocycles. The monoisotopic (exact) mass is 362 g/mol. The van der Waals surface area contributed by atoms with Crippen molar-refractivity contribution in [3.8, 4) is 0 Å². The molecular weight excluding hydrogens is 344 g/mol. The van der Waals surface area contributed by atoms with E-state index < -0.39 is 16.8 Å². The lowest BCUT2D eigenvalue weighted by Gasteiger charge is -2.08. The number of esters is 1. The smallest absolute Gasteiger partial charge is 0.341 e. The van der Waals surface area contributed by atoms with Gasteiger partial charge in [-0.3, -0.25) is 14.9 Å². The van der Waals surface area contributed by atoms with Gasteiger partial charge in [0, 0.05) is 22.6 Å². The third-order valence-corrected chi connectivity index (χ3v) is 4.65. The summed E-state index contributed by atoms with van der Waals surface area (Å²) in [6, 6.07) is 5.43. The van der Waals surface area contributed by atoms with E-state index in [1.165, 1.54) is 35.6 Å². The van der Waals surface area contributed by atoms with Crippen molar-refractivity contribution in [1.82, 2.24) is 0 Å². The SMILES string of the molecule is CCOC(=O)c1c(NC(=O)c2cccc([N+](=O)[O-])c2)sc(C)c1CC. The minimum Gasteiger partial charge on any atom is -0.462 e. The fourth-order valence-corrected chi connectivity index (χ4v) is 3.58. The number of nitrogens with one attached hydrogen (secondary N) is 1. The Kier molecular flexibility index (Phi) is 5.87. The van der Waals surface area contributed by atoms with Gasteiger partial charge >= 0.3 is 5.97 Å². The van der Waals surface area contributed by atoms with E-state index in [4.69, 9.17) is 4.74 Å². The largest absolute Gasteiger partial charge is 0.462 e. The molecule has 0 bridgehead atoms. The summed E-state index contributed by atoms with van der Waals surface area (Å²) >= 11 is 1.29. The number of benzene rings is 1. The second-order valence-corrected chi connectivity index (χ2v) is 6.40. The first-order valence-electron chi connectivity index (χ1n) is 7.74. The van der Waals surface area contributed by atoms with Crippen LogP contribution >= 0.6 is 11.3 Å². The highest BCUT2D eigenvalue weighted by Gasteiger charge is 2.24. The van der Waals surface area contributed by atoms with Gasteiger partial charge in [0.15, 0.2) is 0 Å². The zero-order valence-corrected chi connectivity index (χ0v) is 14.9. The third-order valence-electron chi connectivity index (χ3n) is 3.59. The maximum absolute atomic E-state index is 12.5. The second-order valence-electron chi connectivity index (χ2n) is 5.18. The van der Waals surface area contributed by atoms with Gasteiger partial charge in [0.2, 0.25) is 0 Å². The molecule has 1 heterocycles. The van der Waals surface area contributed by atoms with Crippen LogP contribution in [0.2, 0.25) is 0 Å². The predicted octanol–water partition coefficient (Wildman–Crippen LogP) is 3.96. The Bertz CT molecular complexity index is 828. The van der Waals surface area contributed by atoms with Gasteiger partial charge in [-0.1, -0.05) is 13.0 Å². The van der Waals surface area contributed by atoms with Crippen molar-refractivity contribution in [3.05, 3.63) is 55.9 Å². The number of carbonyl (C=O) groups is 2. The van der Waals surface area contributed by atoms with Crippen molar-refractivity contribution < 1.29 is 19.2 Å². The van der Waals surface area contributed by atoms with Crippen LogP contribution in [-0.2, 0) is 11.2 Å². The normalized spacial score (nSPS) is 10.4. The first kappa shape index (κ1) is 18.6. The summed E-state index contributed by atoms with van der Waals surface area (Å²) in [5.41, 5.74) is 1.16. The Morgan fingerprint density at radius 3 is 2.64 bits per heavy atom. The van der Waals surface area contributed by atoms with Crippen LogP contribution < -0.4 is 5.32 Å². The summed E-state index contributed by atoms with van der Waals surface area (Å²) in [6.45, 7) is 5.73. The van der Waals surface area contributed by atoms with Gasteiger partial charge in [-0.15, -0.1) is 11.3 Å². The lowest BCUT2D eigenvalue weighted by molar-refractivity contribution is -0.384. The first-order valence-corrected chi connectivity index (χ1v) is 8.55. The van der Waals surface area contributed by atoms with Gasteiger partial charge in [-0.2, -0.15) is 0 Å². The molecule has 0 unspecified atom stereocenters. The molecular formula is C17H18N2O5S. The highest BCUT2D eigenvalue weighted by atomic mass is 32.1. The number of hydrogen-bond donors (Lipinski definition) is 1. The van der Waals surface area contributed by atoms with E-state index in [9.17, 15) is 19.7 Å². The highest BCUT2D eigenvalue weighted by molar-refractivity contribution is 7.16. The number of nitrogens with zero attached hydrogens (tertiary/aromatic N) is 1. The van der Waals surface area contributed by atoms with Crippen molar-refractivity contribution in [3.63, 3.8) is 0 Å². The van der Waals surface area contributed by atoms with Crippen molar-refractivity contribution >= 4 is 33.9 Å². The average Bonchev–Trinajstić information content (AvgIpc) is 2.90. The van der Waals surface area contributed by atoms with E-state index in [1.54, 1.807) is 6.92 Å². The Hall–Kier alpha value is -2.74. The van der Waals surface area contributed by atoms with Gasteiger partial charge in [0.1, 0.15) is 5.00 Å². The van der Waals surface area contributed by atoms with Gasteiger partial charge < -0.3 is 10.1 Å². The highest BCUT2D eigenvalue weighted by Crippen LogP contribution is 2.34. The minimum atomic E-state index is -0.564. The number of ether oxygens (including phenoxy) is 1. The molecule has 1 amide bonds. The molecule has 2 aromatic rings. The number of hydrogen-bond acceptors (Lipinski definition) is 6. The topological polar surface area (TPSA) is 98.5 Å². The Morgan fingerprint density at radius 2 is 2.04 bits per heavy atom. The number of carbonyl (C=O) groups excluding carboxylic acids is 2. The van der Waals surface area contributed by atoms with Crippen LogP contribution in [0.5, 0.6) is 0 Å². The van der Waals surface area contributed by atoms with Gasteiger partial charge in [-0.25, -0.2) is 4.79 Å². The lowest BCUT2D eigenvalue weighted by Crippen LogP contribution is -2.15. The maximum atomic E-state index is 12.5. The number of nitro benzene ring substituents is 1. The molecule has 0 saturated carbocycles. The molecule has 0 radical (unpaired) electrons. The predicted molar refractivity (Wildman–Crippen MR) is 95.4 cm³/mol. The van der Waals surface area contributed by atoms with E-state index in [0.29, 0.717) is 17.0 Å². The Labute approximate surface area is 148 Å². The Balaban J connectivity index is 2.36.